The summed E-state index contributed by atoms with van der Waals surface area (Å²) >= 11 is 1.33. The summed E-state index contributed by atoms with van der Waals surface area (Å²) in [6.07, 6.45) is 7.67. The van der Waals surface area contributed by atoms with Crippen molar-refractivity contribution >= 4 is 17.7 Å². The zero-order valence-corrected chi connectivity index (χ0v) is 11.0. The van der Waals surface area contributed by atoms with Gasteiger partial charge in [0.05, 0.1) is 11.0 Å². The molecule has 1 aromatic carbocycles. The fraction of sp³-hybridized carbons (Fsp3) is 0.538. The summed E-state index contributed by atoms with van der Waals surface area (Å²) in [5.74, 6) is 0. The summed E-state index contributed by atoms with van der Waals surface area (Å²) in [7, 11) is 0. The van der Waals surface area contributed by atoms with Crippen LogP contribution in [0.5, 0.6) is 0 Å². The Bertz CT molecular complexity index is 386. The van der Waals surface area contributed by atoms with Crippen molar-refractivity contribution in [2.24, 2.45) is 0 Å². The van der Waals surface area contributed by atoms with E-state index in [0.717, 1.165) is 17.7 Å². The zero-order chi connectivity index (χ0) is 12.8. The molecule has 1 aliphatic rings. The van der Waals surface area contributed by atoms with Gasteiger partial charge in [-0.15, -0.1) is 0 Å². The monoisotopic (exact) mass is 267 g/mol. The lowest BCUT2D eigenvalue weighted by molar-refractivity contribution is -0.384. The first kappa shape index (κ1) is 13.4. The molecule has 0 saturated heterocycles. The normalized spacial score (nSPS) is 17.3. The SMILES string of the molecule is O=[N+]([O-])c1ccc(SOC2CCCCCC2)cc1. The Morgan fingerprint density at radius 2 is 1.72 bits per heavy atom. The lowest BCUT2D eigenvalue weighted by atomic mass is 10.2. The van der Waals surface area contributed by atoms with Gasteiger partial charge in [-0.05, 0) is 25.0 Å². The van der Waals surface area contributed by atoms with Gasteiger partial charge >= 0.3 is 0 Å². The lowest BCUT2D eigenvalue weighted by Gasteiger charge is -2.13. The fourth-order valence-corrected chi connectivity index (χ4v) is 2.77. The number of nitro groups is 1. The number of nitro benzene ring substituents is 1. The first-order chi connectivity index (χ1) is 8.75. The van der Waals surface area contributed by atoms with E-state index in [2.05, 4.69) is 0 Å². The minimum atomic E-state index is -0.388. The van der Waals surface area contributed by atoms with Crippen LogP contribution in [0.4, 0.5) is 5.69 Å². The average molecular weight is 267 g/mol. The van der Waals surface area contributed by atoms with Gasteiger partial charge in [0.2, 0.25) is 0 Å². The molecule has 2 rings (SSSR count). The molecule has 1 aliphatic carbocycles. The molecule has 0 heterocycles. The average Bonchev–Trinajstić information content (AvgIpc) is 2.65. The van der Waals surface area contributed by atoms with E-state index < -0.39 is 0 Å². The minimum Gasteiger partial charge on any atom is -0.307 e. The molecule has 0 unspecified atom stereocenters. The van der Waals surface area contributed by atoms with E-state index in [1.807, 2.05) is 0 Å². The predicted octanol–water partition coefficient (Wildman–Crippen LogP) is 4.34. The summed E-state index contributed by atoms with van der Waals surface area (Å²) in [4.78, 5) is 11.1. The summed E-state index contributed by atoms with van der Waals surface area (Å²) < 4.78 is 5.80. The van der Waals surface area contributed by atoms with Gasteiger partial charge < -0.3 is 4.18 Å². The molecule has 1 fully saturated rings. The van der Waals surface area contributed by atoms with Crippen LogP contribution in [0.1, 0.15) is 38.5 Å². The second-order valence-corrected chi connectivity index (χ2v) is 5.37. The first-order valence-electron chi connectivity index (χ1n) is 6.33. The molecule has 98 valence electrons. The highest BCUT2D eigenvalue weighted by Gasteiger charge is 2.13. The van der Waals surface area contributed by atoms with Crippen LogP contribution in [0, 0.1) is 10.1 Å². The number of non-ortho nitro benzene ring substituents is 1. The summed E-state index contributed by atoms with van der Waals surface area (Å²) in [6.45, 7) is 0. The molecular formula is C13H17NO3S. The fourth-order valence-electron chi connectivity index (χ4n) is 2.09. The van der Waals surface area contributed by atoms with Gasteiger partial charge in [-0.3, -0.25) is 10.1 Å². The van der Waals surface area contributed by atoms with E-state index in [0.29, 0.717) is 6.10 Å². The molecular weight excluding hydrogens is 250 g/mol. The quantitative estimate of drug-likeness (QED) is 0.352. The Hall–Kier alpha value is -1.07. The van der Waals surface area contributed by atoms with E-state index in [4.69, 9.17) is 4.18 Å². The molecule has 0 bridgehead atoms. The van der Waals surface area contributed by atoms with Crippen molar-refractivity contribution in [3.8, 4) is 0 Å². The third-order valence-electron chi connectivity index (χ3n) is 3.13. The van der Waals surface area contributed by atoms with E-state index >= 15 is 0 Å². The largest absolute Gasteiger partial charge is 0.307 e. The van der Waals surface area contributed by atoms with E-state index in [-0.39, 0.29) is 10.6 Å². The van der Waals surface area contributed by atoms with Gasteiger partial charge in [0, 0.05) is 29.1 Å². The van der Waals surface area contributed by atoms with Gasteiger partial charge in [-0.1, -0.05) is 25.7 Å². The van der Waals surface area contributed by atoms with Crippen LogP contribution in [0.15, 0.2) is 29.2 Å². The Morgan fingerprint density at radius 1 is 1.11 bits per heavy atom. The Labute approximate surface area is 111 Å². The van der Waals surface area contributed by atoms with Crippen LogP contribution in [-0.2, 0) is 4.18 Å². The Morgan fingerprint density at radius 3 is 2.28 bits per heavy atom. The number of rotatable bonds is 4. The minimum absolute atomic E-state index is 0.119. The number of hydrogen-bond donors (Lipinski definition) is 0. The van der Waals surface area contributed by atoms with Gasteiger partial charge in [-0.25, -0.2) is 0 Å². The predicted molar refractivity (Wildman–Crippen MR) is 71.5 cm³/mol. The van der Waals surface area contributed by atoms with Gasteiger partial charge in [0.1, 0.15) is 0 Å². The Balaban J connectivity index is 1.83. The van der Waals surface area contributed by atoms with Crippen LogP contribution in [0.3, 0.4) is 0 Å². The van der Waals surface area contributed by atoms with Crippen molar-refractivity contribution < 1.29 is 9.11 Å². The maximum absolute atomic E-state index is 10.5. The molecule has 0 spiro atoms. The van der Waals surface area contributed by atoms with E-state index in [1.54, 1.807) is 12.1 Å². The highest BCUT2D eigenvalue weighted by molar-refractivity contribution is 7.94. The highest BCUT2D eigenvalue weighted by atomic mass is 32.2. The molecule has 1 saturated carbocycles. The van der Waals surface area contributed by atoms with E-state index in [9.17, 15) is 10.1 Å². The molecule has 0 radical (unpaired) electrons. The molecule has 1 aromatic rings. The van der Waals surface area contributed by atoms with Gasteiger partial charge in [0.15, 0.2) is 0 Å². The van der Waals surface area contributed by atoms with Gasteiger partial charge in [0.25, 0.3) is 5.69 Å². The van der Waals surface area contributed by atoms with E-state index in [1.165, 1.54) is 49.9 Å². The van der Waals surface area contributed by atoms with Crippen LogP contribution in [-0.4, -0.2) is 11.0 Å². The standard InChI is InChI=1S/C13H17NO3S/c15-14(16)11-7-9-13(10-8-11)18-17-12-5-3-1-2-4-6-12/h7-10,12H,1-6H2. The molecule has 0 aliphatic heterocycles. The van der Waals surface area contributed by atoms with Crippen LogP contribution in [0.25, 0.3) is 0 Å². The molecule has 4 nitrogen and oxygen atoms in total. The van der Waals surface area contributed by atoms with Crippen LogP contribution >= 0.6 is 12.0 Å². The van der Waals surface area contributed by atoms with Crippen molar-refractivity contribution in [3.05, 3.63) is 34.4 Å². The summed E-state index contributed by atoms with van der Waals surface area (Å²) in [5, 5.41) is 10.5. The van der Waals surface area contributed by atoms with Crippen molar-refractivity contribution in [3.63, 3.8) is 0 Å². The maximum Gasteiger partial charge on any atom is 0.269 e. The number of hydrogen-bond acceptors (Lipinski definition) is 4. The molecule has 0 aromatic heterocycles. The lowest BCUT2D eigenvalue weighted by Crippen LogP contribution is -2.06. The van der Waals surface area contributed by atoms with Crippen molar-refractivity contribution in [2.75, 3.05) is 0 Å². The molecule has 18 heavy (non-hydrogen) atoms. The second kappa shape index (κ2) is 6.75. The third kappa shape index (κ3) is 3.99. The highest BCUT2D eigenvalue weighted by Crippen LogP contribution is 2.28. The third-order valence-corrected chi connectivity index (χ3v) is 3.96. The van der Waals surface area contributed by atoms with Gasteiger partial charge in [-0.2, -0.15) is 0 Å². The van der Waals surface area contributed by atoms with Crippen molar-refractivity contribution in [2.45, 2.75) is 49.5 Å². The summed E-state index contributed by atoms with van der Waals surface area (Å²) in [6, 6.07) is 6.50. The van der Waals surface area contributed by atoms with Crippen molar-refractivity contribution in [1.82, 2.24) is 0 Å². The summed E-state index contributed by atoms with van der Waals surface area (Å²) in [5.41, 5.74) is 0.119. The molecule has 0 N–H and O–H groups in total. The molecule has 5 heteroatoms. The second-order valence-electron chi connectivity index (χ2n) is 4.54. The van der Waals surface area contributed by atoms with Crippen molar-refractivity contribution in [1.29, 1.82) is 0 Å². The van der Waals surface area contributed by atoms with Crippen LogP contribution < -0.4 is 0 Å². The Kier molecular flexibility index (Phi) is 5.01. The molecule has 0 atom stereocenters. The first-order valence-corrected chi connectivity index (χ1v) is 7.07. The smallest absolute Gasteiger partial charge is 0.269 e. The topological polar surface area (TPSA) is 52.4 Å². The zero-order valence-electron chi connectivity index (χ0n) is 10.2. The van der Waals surface area contributed by atoms with Crippen LogP contribution in [0.2, 0.25) is 0 Å². The molecule has 0 amide bonds. The number of benzene rings is 1. The maximum atomic E-state index is 10.5. The number of nitrogens with zero attached hydrogens (tertiary/aromatic N) is 1.